The highest BCUT2D eigenvalue weighted by atomic mass is 15.0. The van der Waals surface area contributed by atoms with Crippen LogP contribution in [0.2, 0.25) is 0 Å². The third-order valence-electron chi connectivity index (χ3n) is 2.68. The zero-order valence-corrected chi connectivity index (χ0v) is 10.4. The summed E-state index contributed by atoms with van der Waals surface area (Å²) in [5.74, 6) is 1.73. The van der Waals surface area contributed by atoms with Crippen molar-refractivity contribution in [3.05, 3.63) is 35.9 Å². The fourth-order valence-electron chi connectivity index (χ4n) is 1.75. The molecule has 0 saturated carbocycles. The minimum absolute atomic E-state index is 0.822. The number of nitrogens with one attached hydrogen (secondary N) is 1. The highest BCUT2D eigenvalue weighted by Crippen LogP contribution is 2.24. The van der Waals surface area contributed by atoms with E-state index >= 15 is 0 Å². The first kappa shape index (κ1) is 11.5. The molecule has 0 aromatic carbocycles. The van der Waals surface area contributed by atoms with Crippen molar-refractivity contribution in [2.24, 2.45) is 0 Å². The largest absolute Gasteiger partial charge is 0.373 e. The van der Waals surface area contributed by atoms with Gasteiger partial charge in [-0.05, 0) is 19.1 Å². The molecule has 4 heteroatoms. The van der Waals surface area contributed by atoms with Gasteiger partial charge in [0.05, 0.1) is 5.69 Å². The van der Waals surface area contributed by atoms with Crippen molar-refractivity contribution >= 4 is 5.82 Å². The third kappa shape index (κ3) is 2.25. The standard InChI is InChI=1S/C13H16N4/c1-4-11-16-12(9(2)13(14-3)17-11)10-6-5-7-15-8-10/h5-8H,4H2,1-3H3,(H,14,16,17). The van der Waals surface area contributed by atoms with Crippen LogP contribution in [0.25, 0.3) is 11.3 Å². The maximum absolute atomic E-state index is 4.58. The molecule has 2 aromatic heterocycles. The lowest BCUT2D eigenvalue weighted by molar-refractivity contribution is 0.935. The Bertz CT molecular complexity index is 508. The average molecular weight is 228 g/mol. The molecule has 0 spiro atoms. The zero-order valence-electron chi connectivity index (χ0n) is 10.4. The van der Waals surface area contributed by atoms with E-state index in [1.165, 1.54) is 0 Å². The molecule has 0 saturated heterocycles. The normalized spacial score (nSPS) is 10.3. The van der Waals surface area contributed by atoms with Crippen LogP contribution in [-0.4, -0.2) is 22.0 Å². The number of aromatic nitrogens is 3. The van der Waals surface area contributed by atoms with Gasteiger partial charge in [0.25, 0.3) is 0 Å². The van der Waals surface area contributed by atoms with Crippen molar-refractivity contribution in [2.45, 2.75) is 20.3 Å². The Balaban J connectivity index is 2.60. The van der Waals surface area contributed by atoms with Crippen molar-refractivity contribution in [1.29, 1.82) is 0 Å². The van der Waals surface area contributed by atoms with Gasteiger partial charge in [-0.3, -0.25) is 4.98 Å². The van der Waals surface area contributed by atoms with Crippen LogP contribution in [0, 0.1) is 6.92 Å². The van der Waals surface area contributed by atoms with Gasteiger partial charge in [0, 0.05) is 37.0 Å². The van der Waals surface area contributed by atoms with Crippen molar-refractivity contribution < 1.29 is 0 Å². The zero-order chi connectivity index (χ0) is 12.3. The average Bonchev–Trinajstić information content (AvgIpc) is 2.40. The Hall–Kier alpha value is -1.97. The van der Waals surface area contributed by atoms with Crippen LogP contribution in [0.3, 0.4) is 0 Å². The quantitative estimate of drug-likeness (QED) is 0.876. The van der Waals surface area contributed by atoms with Crippen LogP contribution in [0.4, 0.5) is 5.82 Å². The summed E-state index contributed by atoms with van der Waals surface area (Å²) in [5.41, 5.74) is 3.03. The molecule has 0 atom stereocenters. The maximum atomic E-state index is 4.58. The Morgan fingerprint density at radius 1 is 1.29 bits per heavy atom. The van der Waals surface area contributed by atoms with Gasteiger partial charge in [-0.25, -0.2) is 9.97 Å². The number of hydrogen-bond acceptors (Lipinski definition) is 4. The van der Waals surface area contributed by atoms with Crippen molar-refractivity contribution in [1.82, 2.24) is 15.0 Å². The Kier molecular flexibility index (Phi) is 3.32. The van der Waals surface area contributed by atoms with E-state index in [9.17, 15) is 0 Å². The lowest BCUT2D eigenvalue weighted by atomic mass is 10.1. The second-order valence-corrected chi connectivity index (χ2v) is 3.81. The van der Waals surface area contributed by atoms with Gasteiger partial charge in [-0.1, -0.05) is 6.92 Å². The van der Waals surface area contributed by atoms with E-state index < -0.39 is 0 Å². The molecule has 2 aromatic rings. The summed E-state index contributed by atoms with van der Waals surface area (Å²) in [6, 6.07) is 3.93. The van der Waals surface area contributed by atoms with Crippen LogP contribution < -0.4 is 5.32 Å². The Labute approximate surface area is 101 Å². The molecule has 0 fully saturated rings. The molecule has 88 valence electrons. The minimum atomic E-state index is 0.822. The van der Waals surface area contributed by atoms with E-state index in [2.05, 4.69) is 27.2 Å². The molecule has 2 heterocycles. The topological polar surface area (TPSA) is 50.7 Å². The number of anilines is 1. The molecule has 0 radical (unpaired) electrons. The SMILES string of the molecule is CCc1nc(NC)c(C)c(-c2cccnc2)n1. The van der Waals surface area contributed by atoms with Gasteiger partial charge in [-0.15, -0.1) is 0 Å². The molecule has 4 nitrogen and oxygen atoms in total. The molecule has 0 bridgehead atoms. The first-order chi connectivity index (χ1) is 8.26. The van der Waals surface area contributed by atoms with E-state index in [-0.39, 0.29) is 0 Å². The third-order valence-corrected chi connectivity index (χ3v) is 2.68. The van der Waals surface area contributed by atoms with E-state index in [1.54, 1.807) is 6.20 Å². The number of pyridine rings is 1. The monoisotopic (exact) mass is 228 g/mol. The van der Waals surface area contributed by atoms with E-state index in [0.29, 0.717) is 0 Å². The van der Waals surface area contributed by atoms with Crippen LogP contribution in [0.5, 0.6) is 0 Å². The van der Waals surface area contributed by atoms with Crippen LogP contribution in [0.1, 0.15) is 18.3 Å². The summed E-state index contributed by atoms with van der Waals surface area (Å²) in [4.78, 5) is 13.2. The minimum Gasteiger partial charge on any atom is -0.373 e. The number of nitrogens with zero attached hydrogens (tertiary/aromatic N) is 3. The van der Waals surface area contributed by atoms with Crippen molar-refractivity contribution in [3.8, 4) is 11.3 Å². The van der Waals surface area contributed by atoms with Gasteiger partial charge >= 0.3 is 0 Å². The number of rotatable bonds is 3. The predicted molar refractivity (Wildman–Crippen MR) is 68.9 cm³/mol. The van der Waals surface area contributed by atoms with Crippen molar-refractivity contribution in [3.63, 3.8) is 0 Å². The van der Waals surface area contributed by atoms with Crippen LogP contribution in [0.15, 0.2) is 24.5 Å². The molecule has 0 unspecified atom stereocenters. The summed E-state index contributed by atoms with van der Waals surface area (Å²) < 4.78 is 0. The number of aryl methyl sites for hydroxylation is 1. The molecule has 2 rings (SSSR count). The smallest absolute Gasteiger partial charge is 0.132 e. The van der Waals surface area contributed by atoms with Crippen LogP contribution in [-0.2, 0) is 6.42 Å². The molecule has 17 heavy (non-hydrogen) atoms. The maximum Gasteiger partial charge on any atom is 0.132 e. The Morgan fingerprint density at radius 3 is 2.71 bits per heavy atom. The highest BCUT2D eigenvalue weighted by Gasteiger charge is 2.10. The highest BCUT2D eigenvalue weighted by molar-refractivity contribution is 5.67. The second-order valence-electron chi connectivity index (χ2n) is 3.81. The first-order valence-corrected chi connectivity index (χ1v) is 5.72. The van der Waals surface area contributed by atoms with Gasteiger partial charge in [-0.2, -0.15) is 0 Å². The molecule has 0 aliphatic rings. The van der Waals surface area contributed by atoms with E-state index in [4.69, 9.17) is 0 Å². The van der Waals surface area contributed by atoms with Gasteiger partial charge in [0.15, 0.2) is 0 Å². The summed E-state index contributed by atoms with van der Waals surface area (Å²) in [6.07, 6.45) is 4.41. The first-order valence-electron chi connectivity index (χ1n) is 5.72. The molecule has 0 aliphatic heterocycles. The fraction of sp³-hybridized carbons (Fsp3) is 0.308. The predicted octanol–water partition coefficient (Wildman–Crippen LogP) is 2.45. The Morgan fingerprint density at radius 2 is 2.12 bits per heavy atom. The van der Waals surface area contributed by atoms with E-state index in [1.807, 2.05) is 32.3 Å². The molecule has 1 N–H and O–H groups in total. The summed E-state index contributed by atoms with van der Waals surface area (Å²) >= 11 is 0. The molecular weight excluding hydrogens is 212 g/mol. The van der Waals surface area contributed by atoms with Crippen molar-refractivity contribution in [2.75, 3.05) is 12.4 Å². The molecular formula is C13H16N4. The summed E-state index contributed by atoms with van der Waals surface area (Å²) in [5, 5.41) is 3.11. The summed E-state index contributed by atoms with van der Waals surface area (Å²) in [6.45, 7) is 4.07. The second kappa shape index (κ2) is 4.91. The van der Waals surface area contributed by atoms with E-state index in [0.717, 1.165) is 34.9 Å². The number of hydrogen-bond donors (Lipinski definition) is 1. The van der Waals surface area contributed by atoms with Gasteiger partial charge < -0.3 is 5.32 Å². The van der Waals surface area contributed by atoms with Gasteiger partial charge in [0.1, 0.15) is 11.6 Å². The molecule has 0 aliphatic carbocycles. The molecule has 0 amide bonds. The van der Waals surface area contributed by atoms with Gasteiger partial charge in [0.2, 0.25) is 0 Å². The fourth-order valence-corrected chi connectivity index (χ4v) is 1.75. The lowest BCUT2D eigenvalue weighted by Crippen LogP contribution is -2.04. The van der Waals surface area contributed by atoms with Crippen LogP contribution >= 0.6 is 0 Å². The summed E-state index contributed by atoms with van der Waals surface area (Å²) in [7, 11) is 1.88. The lowest BCUT2D eigenvalue weighted by Gasteiger charge is -2.11.